The van der Waals surface area contributed by atoms with Crippen LogP contribution in [0.5, 0.6) is 0 Å². The maximum absolute atomic E-state index is 12.5. The first kappa shape index (κ1) is 85.8. The van der Waals surface area contributed by atoms with Gasteiger partial charge in [0.2, 0.25) is 5.91 Å². The average Bonchev–Trinajstić information content (AvgIpc) is 3.58. The van der Waals surface area contributed by atoms with E-state index in [9.17, 15) is 19.8 Å². The summed E-state index contributed by atoms with van der Waals surface area (Å²) in [6.45, 7) is 4.94. The number of hydrogen-bond acceptors (Lipinski definition) is 5. The van der Waals surface area contributed by atoms with E-state index in [0.29, 0.717) is 19.4 Å². The summed E-state index contributed by atoms with van der Waals surface area (Å²) in [4.78, 5) is 24.6. The van der Waals surface area contributed by atoms with E-state index < -0.39 is 12.1 Å². The molecule has 2 unspecified atom stereocenters. The number of aliphatic hydroxyl groups excluding tert-OH is 2. The fourth-order valence-electron chi connectivity index (χ4n) is 12.5. The summed E-state index contributed by atoms with van der Waals surface area (Å²) in [5, 5.41) is 23.3. The van der Waals surface area contributed by atoms with Gasteiger partial charge in [0.1, 0.15) is 0 Å². The molecule has 0 aliphatic carbocycles. The maximum Gasteiger partial charge on any atom is 0.305 e. The molecule has 518 valence electrons. The Kier molecular flexibility index (Phi) is 75.4. The monoisotopic (exact) mass is 1230 g/mol. The summed E-state index contributed by atoms with van der Waals surface area (Å²) in [5.41, 5.74) is 0. The lowest BCUT2D eigenvalue weighted by Crippen LogP contribution is -2.45. The molecule has 0 saturated heterocycles. The van der Waals surface area contributed by atoms with Crippen LogP contribution in [0.15, 0.2) is 48.6 Å². The van der Waals surface area contributed by atoms with Gasteiger partial charge < -0.3 is 20.3 Å². The van der Waals surface area contributed by atoms with E-state index in [2.05, 4.69) is 55.6 Å². The van der Waals surface area contributed by atoms with Crippen molar-refractivity contribution in [2.75, 3.05) is 13.2 Å². The van der Waals surface area contributed by atoms with E-state index in [-0.39, 0.29) is 18.5 Å². The van der Waals surface area contributed by atoms with E-state index in [1.54, 1.807) is 6.08 Å². The number of ether oxygens (including phenoxy) is 1. The van der Waals surface area contributed by atoms with Crippen LogP contribution in [0.4, 0.5) is 0 Å². The van der Waals surface area contributed by atoms with Crippen LogP contribution >= 0.6 is 0 Å². The van der Waals surface area contributed by atoms with E-state index >= 15 is 0 Å². The highest BCUT2D eigenvalue weighted by atomic mass is 16.5. The Morgan fingerprint density at radius 3 is 0.875 bits per heavy atom. The molecule has 88 heavy (non-hydrogen) atoms. The topological polar surface area (TPSA) is 95.9 Å². The first-order chi connectivity index (χ1) is 43.5. The van der Waals surface area contributed by atoms with Gasteiger partial charge in [-0.05, 0) is 89.9 Å². The number of amides is 1. The lowest BCUT2D eigenvalue weighted by atomic mass is 10.0. The van der Waals surface area contributed by atoms with Crippen LogP contribution in [0, 0.1) is 0 Å². The summed E-state index contributed by atoms with van der Waals surface area (Å²) in [7, 11) is 0. The van der Waals surface area contributed by atoms with Crippen molar-refractivity contribution in [2.24, 2.45) is 0 Å². The highest BCUT2D eigenvalue weighted by Gasteiger charge is 2.18. The minimum Gasteiger partial charge on any atom is -0.466 e. The van der Waals surface area contributed by atoms with Crippen molar-refractivity contribution in [3.05, 3.63) is 48.6 Å². The average molecular weight is 1240 g/mol. The van der Waals surface area contributed by atoms with E-state index in [1.807, 2.05) is 6.08 Å². The first-order valence-electron chi connectivity index (χ1n) is 39.9. The molecule has 0 fully saturated rings. The Bertz CT molecular complexity index is 1470. The summed E-state index contributed by atoms with van der Waals surface area (Å²) >= 11 is 0. The number of esters is 1. The number of hydrogen-bond donors (Lipinski definition) is 3. The SMILES string of the molecule is CCCCCCCCC/C=C\CCCCCCCC(=O)OCCCCCCCCCCCCC/C=C\C/C=C\CCCCCCCCCCCCCCCCCCCC(=O)NC(CO)C(O)/C=C/CCCCCCCCCCCCCCCCCCCC. The van der Waals surface area contributed by atoms with Gasteiger partial charge in [0, 0.05) is 12.8 Å². The fraction of sp³-hybridized carbons (Fsp3) is 0.878. The maximum atomic E-state index is 12.5. The molecule has 0 aromatic heterocycles. The van der Waals surface area contributed by atoms with E-state index in [4.69, 9.17) is 4.74 Å². The Balaban J connectivity index is 3.39. The molecule has 0 saturated carbocycles. The highest BCUT2D eigenvalue weighted by molar-refractivity contribution is 5.76. The predicted octanol–water partition coefficient (Wildman–Crippen LogP) is 26.4. The number of carbonyl (C=O) groups excluding carboxylic acids is 2. The Morgan fingerprint density at radius 2 is 0.568 bits per heavy atom. The molecule has 0 spiro atoms. The molecular formula is C82H155NO5. The van der Waals surface area contributed by atoms with Crippen LogP contribution in [0.1, 0.15) is 438 Å². The third-order valence-corrected chi connectivity index (χ3v) is 18.6. The molecular weight excluding hydrogens is 1080 g/mol. The predicted molar refractivity (Wildman–Crippen MR) is 389 cm³/mol. The fourth-order valence-corrected chi connectivity index (χ4v) is 12.5. The van der Waals surface area contributed by atoms with Crippen LogP contribution in [-0.2, 0) is 14.3 Å². The molecule has 0 radical (unpaired) electrons. The van der Waals surface area contributed by atoms with Crippen molar-refractivity contribution in [3.63, 3.8) is 0 Å². The van der Waals surface area contributed by atoms with Crippen molar-refractivity contribution in [1.29, 1.82) is 0 Å². The number of aliphatic hydroxyl groups is 2. The van der Waals surface area contributed by atoms with Crippen molar-refractivity contribution >= 4 is 11.9 Å². The molecule has 0 aromatic carbocycles. The van der Waals surface area contributed by atoms with Gasteiger partial charge in [0.05, 0.1) is 25.4 Å². The number of carbonyl (C=O) groups is 2. The van der Waals surface area contributed by atoms with Gasteiger partial charge in [-0.2, -0.15) is 0 Å². The third kappa shape index (κ3) is 72.9. The second-order valence-corrected chi connectivity index (χ2v) is 27.4. The van der Waals surface area contributed by atoms with Crippen molar-refractivity contribution < 1.29 is 24.5 Å². The zero-order valence-electron chi connectivity index (χ0n) is 59.5. The zero-order chi connectivity index (χ0) is 63.5. The molecule has 0 aromatic rings. The summed E-state index contributed by atoms with van der Waals surface area (Å²) in [6.07, 6.45) is 102. The van der Waals surface area contributed by atoms with Gasteiger partial charge in [0.25, 0.3) is 0 Å². The van der Waals surface area contributed by atoms with Crippen LogP contribution in [0.25, 0.3) is 0 Å². The summed E-state index contributed by atoms with van der Waals surface area (Å²) in [5.74, 6) is -0.0521. The van der Waals surface area contributed by atoms with Gasteiger partial charge in [0.15, 0.2) is 0 Å². The highest BCUT2D eigenvalue weighted by Crippen LogP contribution is 2.19. The molecule has 6 nitrogen and oxygen atoms in total. The van der Waals surface area contributed by atoms with Crippen molar-refractivity contribution in [1.82, 2.24) is 5.32 Å². The van der Waals surface area contributed by atoms with E-state index in [0.717, 1.165) is 51.4 Å². The van der Waals surface area contributed by atoms with Gasteiger partial charge in [-0.15, -0.1) is 0 Å². The van der Waals surface area contributed by atoms with Crippen molar-refractivity contribution in [2.45, 2.75) is 450 Å². The molecule has 0 bridgehead atoms. The van der Waals surface area contributed by atoms with Crippen molar-refractivity contribution in [3.8, 4) is 0 Å². The molecule has 3 N–H and O–H groups in total. The number of allylic oxidation sites excluding steroid dienone is 7. The molecule has 0 heterocycles. The Morgan fingerprint density at radius 1 is 0.318 bits per heavy atom. The largest absolute Gasteiger partial charge is 0.466 e. The molecule has 2 atom stereocenters. The van der Waals surface area contributed by atoms with Crippen LogP contribution in [0.2, 0.25) is 0 Å². The zero-order valence-corrected chi connectivity index (χ0v) is 59.5. The van der Waals surface area contributed by atoms with Gasteiger partial charge in [-0.3, -0.25) is 9.59 Å². The van der Waals surface area contributed by atoms with Gasteiger partial charge >= 0.3 is 5.97 Å². The van der Waals surface area contributed by atoms with Crippen LogP contribution in [0.3, 0.4) is 0 Å². The van der Waals surface area contributed by atoms with E-state index in [1.165, 1.54) is 360 Å². The van der Waals surface area contributed by atoms with Gasteiger partial charge in [-0.25, -0.2) is 0 Å². The lowest BCUT2D eigenvalue weighted by Gasteiger charge is -2.20. The van der Waals surface area contributed by atoms with Gasteiger partial charge in [-0.1, -0.05) is 383 Å². The Labute approximate surface area is 550 Å². The molecule has 0 aliphatic rings. The summed E-state index contributed by atoms with van der Waals surface area (Å²) < 4.78 is 5.50. The molecule has 1 amide bonds. The summed E-state index contributed by atoms with van der Waals surface area (Å²) in [6, 6.07) is -0.628. The standard InChI is InChI=1S/C82H155NO5/c1-3-5-7-9-11-13-15-17-19-21-22-40-43-46-50-54-58-62-66-70-74-80(85)79(78-84)83-81(86)75-71-67-63-59-55-51-47-44-41-38-36-34-32-30-28-26-24-23-25-27-29-31-33-35-37-39-42-45-49-53-57-61-65-69-73-77-88-82(87)76-72-68-64-60-56-52-48-20-18-16-14-12-10-8-6-4-2/h20,25,27,31,33,48,70,74,79-80,84-85H,3-19,21-24,26,28-30,32,34-47,49-69,71-73,75-78H2,1-2H3,(H,83,86)/b27-25-,33-31-,48-20-,74-70+. The normalized spacial score (nSPS) is 12.7. The second-order valence-electron chi connectivity index (χ2n) is 27.4. The molecule has 0 rings (SSSR count). The number of nitrogens with one attached hydrogen (secondary N) is 1. The van der Waals surface area contributed by atoms with Crippen LogP contribution < -0.4 is 5.32 Å². The minimum atomic E-state index is -0.844. The molecule has 0 aliphatic heterocycles. The lowest BCUT2D eigenvalue weighted by molar-refractivity contribution is -0.143. The van der Waals surface area contributed by atoms with Crippen LogP contribution in [-0.4, -0.2) is 47.4 Å². The second kappa shape index (κ2) is 77.3. The molecule has 6 heteroatoms. The number of unbranched alkanes of at least 4 members (excludes halogenated alkanes) is 58. The smallest absolute Gasteiger partial charge is 0.305 e. The Hall–Kier alpha value is -2.18. The third-order valence-electron chi connectivity index (χ3n) is 18.6. The quantitative estimate of drug-likeness (QED) is 0.0320. The number of rotatable bonds is 75. The first-order valence-corrected chi connectivity index (χ1v) is 39.9. The minimum absolute atomic E-state index is 0.00965.